The summed E-state index contributed by atoms with van der Waals surface area (Å²) in [5.74, 6) is 1.70. The highest BCUT2D eigenvalue weighted by atomic mass is 16.3. The van der Waals surface area contributed by atoms with Gasteiger partial charge >= 0.3 is 0 Å². The first-order valence-electron chi connectivity index (χ1n) is 6.69. The molecule has 1 aromatic carbocycles. The maximum atomic E-state index is 6.25. The Hall–Kier alpha value is -1.32. The molecule has 2 aromatic rings. The molecule has 0 saturated carbocycles. The second-order valence-corrected chi connectivity index (χ2v) is 5.45. The molecule has 0 aliphatic carbocycles. The molecule has 0 radical (unpaired) electrons. The van der Waals surface area contributed by atoms with Crippen molar-refractivity contribution in [1.82, 2.24) is 4.90 Å². The van der Waals surface area contributed by atoms with Crippen LogP contribution in [-0.4, -0.2) is 24.5 Å². The van der Waals surface area contributed by atoms with E-state index in [-0.39, 0.29) is 6.04 Å². The highest BCUT2D eigenvalue weighted by Crippen LogP contribution is 2.24. The van der Waals surface area contributed by atoms with E-state index < -0.39 is 0 Å². The molecule has 0 spiro atoms. The first kappa shape index (κ1) is 11.8. The Kier molecular flexibility index (Phi) is 3.10. The highest BCUT2D eigenvalue weighted by Gasteiger charge is 2.22. The standard InChI is InChI=1S/C15H20N2O/c1-11-6-7-17(9-11)10-13(16)15-8-12-4-2-3-5-14(12)18-15/h2-5,8,11,13H,6-7,9-10,16H2,1H3. The third-order valence-electron chi connectivity index (χ3n) is 3.77. The van der Waals surface area contributed by atoms with Gasteiger partial charge in [0.25, 0.3) is 0 Å². The maximum absolute atomic E-state index is 6.25. The summed E-state index contributed by atoms with van der Waals surface area (Å²) in [6, 6.07) is 10.1. The number of nitrogens with zero attached hydrogens (tertiary/aromatic N) is 1. The summed E-state index contributed by atoms with van der Waals surface area (Å²) in [6.45, 7) is 5.51. The highest BCUT2D eigenvalue weighted by molar-refractivity contribution is 5.77. The second kappa shape index (κ2) is 4.75. The second-order valence-electron chi connectivity index (χ2n) is 5.45. The third kappa shape index (κ3) is 2.28. The zero-order valence-corrected chi connectivity index (χ0v) is 10.8. The van der Waals surface area contributed by atoms with Crippen molar-refractivity contribution in [3.63, 3.8) is 0 Å². The van der Waals surface area contributed by atoms with Gasteiger partial charge in [0.1, 0.15) is 11.3 Å². The molecule has 0 amide bonds. The SMILES string of the molecule is CC1CCN(CC(N)c2cc3ccccc3o2)C1. The molecule has 1 fully saturated rings. The predicted octanol–water partition coefficient (Wildman–Crippen LogP) is 2.77. The van der Waals surface area contributed by atoms with E-state index in [9.17, 15) is 0 Å². The lowest BCUT2D eigenvalue weighted by Gasteiger charge is -2.18. The summed E-state index contributed by atoms with van der Waals surface area (Å²) in [5, 5.41) is 1.14. The number of hydrogen-bond acceptors (Lipinski definition) is 3. The molecule has 2 heterocycles. The van der Waals surface area contributed by atoms with Crippen molar-refractivity contribution in [2.75, 3.05) is 19.6 Å². The Balaban J connectivity index is 1.73. The van der Waals surface area contributed by atoms with Gasteiger partial charge in [-0.1, -0.05) is 25.1 Å². The zero-order chi connectivity index (χ0) is 12.5. The summed E-state index contributed by atoms with van der Waals surface area (Å²) in [6.07, 6.45) is 1.28. The van der Waals surface area contributed by atoms with Crippen molar-refractivity contribution in [2.45, 2.75) is 19.4 Å². The van der Waals surface area contributed by atoms with Gasteiger partial charge in [-0.25, -0.2) is 0 Å². The monoisotopic (exact) mass is 244 g/mol. The third-order valence-corrected chi connectivity index (χ3v) is 3.77. The number of rotatable bonds is 3. The largest absolute Gasteiger partial charge is 0.459 e. The van der Waals surface area contributed by atoms with Crippen LogP contribution in [0, 0.1) is 5.92 Å². The predicted molar refractivity (Wildman–Crippen MR) is 73.4 cm³/mol. The number of fused-ring (bicyclic) bond motifs is 1. The van der Waals surface area contributed by atoms with E-state index >= 15 is 0 Å². The van der Waals surface area contributed by atoms with Gasteiger partial charge in [0.05, 0.1) is 6.04 Å². The molecule has 2 N–H and O–H groups in total. The van der Waals surface area contributed by atoms with Gasteiger partial charge in [0.15, 0.2) is 0 Å². The van der Waals surface area contributed by atoms with Crippen LogP contribution in [0.25, 0.3) is 11.0 Å². The molecule has 18 heavy (non-hydrogen) atoms. The molecule has 1 saturated heterocycles. The van der Waals surface area contributed by atoms with Crippen molar-refractivity contribution in [1.29, 1.82) is 0 Å². The van der Waals surface area contributed by atoms with E-state index in [1.807, 2.05) is 18.2 Å². The van der Waals surface area contributed by atoms with Crippen LogP contribution < -0.4 is 5.73 Å². The maximum Gasteiger partial charge on any atom is 0.134 e. The lowest BCUT2D eigenvalue weighted by Crippen LogP contribution is -2.30. The Morgan fingerprint density at radius 2 is 2.28 bits per heavy atom. The summed E-state index contributed by atoms with van der Waals surface area (Å²) in [5.41, 5.74) is 7.18. The van der Waals surface area contributed by atoms with Crippen LogP contribution in [0.4, 0.5) is 0 Å². The van der Waals surface area contributed by atoms with Crippen LogP contribution in [-0.2, 0) is 0 Å². The molecule has 2 unspecified atom stereocenters. The molecule has 0 bridgehead atoms. The van der Waals surface area contributed by atoms with Gasteiger partial charge in [0, 0.05) is 18.5 Å². The van der Waals surface area contributed by atoms with E-state index in [4.69, 9.17) is 10.2 Å². The van der Waals surface area contributed by atoms with Crippen LogP contribution in [0.2, 0.25) is 0 Å². The fourth-order valence-electron chi connectivity index (χ4n) is 2.75. The normalized spacial score (nSPS) is 22.7. The summed E-state index contributed by atoms with van der Waals surface area (Å²) in [7, 11) is 0. The molecular weight excluding hydrogens is 224 g/mol. The topological polar surface area (TPSA) is 42.4 Å². The fourth-order valence-corrected chi connectivity index (χ4v) is 2.75. The van der Waals surface area contributed by atoms with Crippen LogP contribution in [0.3, 0.4) is 0 Å². The smallest absolute Gasteiger partial charge is 0.134 e. The number of likely N-dealkylation sites (tertiary alicyclic amines) is 1. The quantitative estimate of drug-likeness (QED) is 0.902. The van der Waals surface area contributed by atoms with E-state index in [1.165, 1.54) is 6.42 Å². The van der Waals surface area contributed by atoms with Gasteiger partial charge in [0.2, 0.25) is 0 Å². The van der Waals surface area contributed by atoms with Crippen molar-refractivity contribution in [3.05, 3.63) is 36.1 Å². The molecule has 3 rings (SSSR count). The number of hydrogen-bond donors (Lipinski definition) is 1. The van der Waals surface area contributed by atoms with E-state index in [2.05, 4.69) is 24.0 Å². The first-order valence-corrected chi connectivity index (χ1v) is 6.69. The molecule has 1 aliphatic heterocycles. The van der Waals surface area contributed by atoms with Gasteiger partial charge in [-0.2, -0.15) is 0 Å². The van der Waals surface area contributed by atoms with E-state index in [1.54, 1.807) is 0 Å². The minimum Gasteiger partial charge on any atom is -0.459 e. The van der Waals surface area contributed by atoms with Crippen molar-refractivity contribution < 1.29 is 4.42 Å². The average molecular weight is 244 g/mol. The minimum atomic E-state index is -0.0253. The Bertz CT molecular complexity index is 501. The van der Waals surface area contributed by atoms with E-state index in [0.29, 0.717) is 0 Å². The van der Waals surface area contributed by atoms with Gasteiger partial charge in [-0.3, -0.25) is 0 Å². The minimum absolute atomic E-state index is 0.0253. The van der Waals surface area contributed by atoms with Gasteiger partial charge < -0.3 is 15.1 Å². The number of furan rings is 1. The number of benzene rings is 1. The summed E-state index contributed by atoms with van der Waals surface area (Å²) < 4.78 is 5.82. The fraction of sp³-hybridized carbons (Fsp3) is 0.467. The lowest BCUT2D eigenvalue weighted by atomic mass is 10.2. The molecule has 3 heteroatoms. The zero-order valence-electron chi connectivity index (χ0n) is 10.8. The molecule has 3 nitrogen and oxygen atoms in total. The van der Waals surface area contributed by atoms with E-state index in [0.717, 1.165) is 42.3 Å². The number of para-hydroxylation sites is 1. The van der Waals surface area contributed by atoms with Crippen LogP contribution >= 0.6 is 0 Å². The Morgan fingerprint density at radius 3 is 3.00 bits per heavy atom. The molecule has 2 atom stereocenters. The van der Waals surface area contributed by atoms with Crippen molar-refractivity contribution >= 4 is 11.0 Å². The van der Waals surface area contributed by atoms with Gasteiger partial charge in [-0.15, -0.1) is 0 Å². The summed E-state index contributed by atoms with van der Waals surface area (Å²) >= 11 is 0. The molecule has 1 aromatic heterocycles. The van der Waals surface area contributed by atoms with Crippen LogP contribution in [0.1, 0.15) is 25.1 Å². The average Bonchev–Trinajstić information content (AvgIpc) is 2.95. The number of nitrogens with two attached hydrogens (primary N) is 1. The van der Waals surface area contributed by atoms with Crippen molar-refractivity contribution in [2.24, 2.45) is 11.7 Å². The van der Waals surface area contributed by atoms with Crippen LogP contribution in [0.5, 0.6) is 0 Å². The Morgan fingerprint density at radius 1 is 1.44 bits per heavy atom. The summed E-state index contributed by atoms with van der Waals surface area (Å²) in [4.78, 5) is 2.43. The molecule has 96 valence electrons. The Labute approximate surface area is 108 Å². The van der Waals surface area contributed by atoms with Crippen LogP contribution in [0.15, 0.2) is 34.7 Å². The molecular formula is C15H20N2O. The molecule has 1 aliphatic rings. The first-order chi connectivity index (χ1) is 8.72. The lowest BCUT2D eigenvalue weighted by molar-refractivity contribution is 0.292. The van der Waals surface area contributed by atoms with Gasteiger partial charge in [-0.05, 0) is 31.0 Å². The van der Waals surface area contributed by atoms with Crippen molar-refractivity contribution in [3.8, 4) is 0 Å².